The summed E-state index contributed by atoms with van der Waals surface area (Å²) < 4.78 is 9.88. The van der Waals surface area contributed by atoms with Crippen LogP contribution in [0.3, 0.4) is 0 Å². The third kappa shape index (κ3) is 4.27. The van der Waals surface area contributed by atoms with Crippen LogP contribution in [0.25, 0.3) is 0 Å². The van der Waals surface area contributed by atoms with Crippen LogP contribution in [0.5, 0.6) is 0 Å². The molecule has 0 saturated heterocycles. The van der Waals surface area contributed by atoms with Gasteiger partial charge in [-0.3, -0.25) is 4.57 Å². The molecule has 3 N–H and O–H groups in total. The molecular weight excluding hydrogens is 131 g/mol. The molecule has 0 radical (unpaired) electrons. The smallest absolute Gasteiger partial charge is 0.191 e. The van der Waals surface area contributed by atoms with Crippen molar-refractivity contribution < 1.29 is 19.7 Å². The van der Waals surface area contributed by atoms with E-state index in [1.54, 1.807) is 0 Å². The van der Waals surface area contributed by atoms with Gasteiger partial charge < -0.3 is 15.1 Å². The van der Waals surface area contributed by atoms with Crippen LogP contribution in [-0.4, -0.2) is 34.0 Å². The summed E-state index contributed by atoms with van der Waals surface area (Å²) in [4.78, 5) is 8.13. The van der Waals surface area contributed by atoms with E-state index < -0.39 is 20.7 Å². The molecule has 0 aromatic carbocycles. The van der Waals surface area contributed by atoms with Gasteiger partial charge in [-0.1, -0.05) is 0 Å². The minimum absolute atomic E-state index is 0.207. The molecule has 5 heteroatoms. The summed E-state index contributed by atoms with van der Waals surface area (Å²) in [6.45, 7) is -0.447. The van der Waals surface area contributed by atoms with Crippen LogP contribution >= 0.6 is 8.03 Å². The van der Waals surface area contributed by atoms with E-state index in [0.717, 1.165) is 0 Å². The van der Waals surface area contributed by atoms with Gasteiger partial charge in [-0.2, -0.15) is 0 Å². The summed E-state index contributed by atoms with van der Waals surface area (Å²) in [5.74, 6) is 0. The van der Waals surface area contributed by atoms with E-state index >= 15 is 0 Å². The third-order valence-corrected chi connectivity index (χ3v) is 1.44. The van der Waals surface area contributed by atoms with Gasteiger partial charge in [0, 0.05) is 0 Å². The van der Waals surface area contributed by atoms with Crippen LogP contribution in [0.2, 0.25) is 0 Å². The summed E-state index contributed by atoms with van der Waals surface area (Å²) in [7, 11) is -2.61. The Morgan fingerprint density at radius 1 is 1.62 bits per heavy atom. The average Bonchev–Trinajstić information content (AvgIpc) is 1.65. The molecule has 0 aliphatic heterocycles. The van der Waals surface area contributed by atoms with Crippen molar-refractivity contribution in [1.29, 1.82) is 0 Å². The van der Waals surface area contributed by atoms with Gasteiger partial charge in [-0.25, -0.2) is 0 Å². The van der Waals surface area contributed by atoms with Crippen LogP contribution in [-0.2, 0) is 4.57 Å². The molecule has 0 fully saturated rings. The van der Waals surface area contributed by atoms with Crippen molar-refractivity contribution >= 4 is 8.03 Å². The maximum atomic E-state index is 9.88. The lowest BCUT2D eigenvalue weighted by atomic mass is 10.4. The average molecular weight is 140 g/mol. The lowest BCUT2D eigenvalue weighted by molar-refractivity contribution is 0.111. The Labute approximate surface area is 47.6 Å². The standard InChI is InChI=1S/C3H9O4P/c4-1-3(5)2-8(6)7/h3-5,8H,1-2H2,(H,6,7). The van der Waals surface area contributed by atoms with Gasteiger partial charge in [0.2, 0.25) is 0 Å². The predicted molar refractivity (Wildman–Crippen MR) is 29.2 cm³/mol. The lowest BCUT2D eigenvalue weighted by Crippen LogP contribution is -2.14. The molecule has 2 unspecified atom stereocenters. The molecule has 4 nitrogen and oxygen atoms in total. The fourth-order valence-electron chi connectivity index (χ4n) is 0.266. The van der Waals surface area contributed by atoms with Crippen molar-refractivity contribution in [1.82, 2.24) is 0 Å². The Morgan fingerprint density at radius 3 is 2.25 bits per heavy atom. The normalized spacial score (nSPS) is 17.9. The maximum absolute atomic E-state index is 9.88. The largest absolute Gasteiger partial charge is 0.394 e. The molecule has 0 aliphatic rings. The van der Waals surface area contributed by atoms with Gasteiger partial charge in [0.15, 0.2) is 8.03 Å². The molecule has 50 valence electrons. The van der Waals surface area contributed by atoms with Crippen molar-refractivity contribution in [2.24, 2.45) is 0 Å². The monoisotopic (exact) mass is 140 g/mol. The molecule has 0 aromatic heterocycles. The molecule has 0 aromatic rings. The summed E-state index contributed by atoms with van der Waals surface area (Å²) in [5.41, 5.74) is 0. The van der Waals surface area contributed by atoms with Gasteiger partial charge in [0.05, 0.1) is 18.9 Å². The van der Waals surface area contributed by atoms with Crippen LogP contribution in [0.1, 0.15) is 0 Å². The minimum atomic E-state index is -2.61. The second-order valence-corrected chi connectivity index (χ2v) is 2.63. The highest BCUT2D eigenvalue weighted by Crippen LogP contribution is 2.12. The van der Waals surface area contributed by atoms with E-state index in [1.807, 2.05) is 0 Å². The first-order valence-electron chi connectivity index (χ1n) is 2.17. The molecule has 0 rings (SSSR count). The van der Waals surface area contributed by atoms with Crippen LogP contribution < -0.4 is 0 Å². The minimum Gasteiger partial charge on any atom is -0.394 e. The van der Waals surface area contributed by atoms with Crippen molar-refractivity contribution in [3.05, 3.63) is 0 Å². The number of rotatable bonds is 3. The highest BCUT2D eigenvalue weighted by atomic mass is 31.1. The summed E-state index contributed by atoms with van der Waals surface area (Å²) >= 11 is 0. The second kappa shape index (κ2) is 4.04. The highest BCUT2D eigenvalue weighted by molar-refractivity contribution is 7.38. The topological polar surface area (TPSA) is 77.8 Å². The lowest BCUT2D eigenvalue weighted by Gasteiger charge is -2.00. The van der Waals surface area contributed by atoms with E-state index in [1.165, 1.54) is 0 Å². The summed E-state index contributed by atoms with van der Waals surface area (Å²) in [6.07, 6.45) is -1.24. The van der Waals surface area contributed by atoms with E-state index in [0.29, 0.717) is 0 Å². The molecular formula is C3H9O4P. The Kier molecular flexibility index (Phi) is 4.09. The number of hydrogen-bond acceptors (Lipinski definition) is 3. The fourth-order valence-corrected chi connectivity index (χ4v) is 0.798. The summed E-state index contributed by atoms with van der Waals surface area (Å²) in [5, 5.41) is 16.5. The van der Waals surface area contributed by atoms with Gasteiger partial charge in [0.1, 0.15) is 0 Å². The van der Waals surface area contributed by atoms with Crippen molar-refractivity contribution in [3.63, 3.8) is 0 Å². The molecule has 0 amide bonds. The fraction of sp³-hybridized carbons (Fsp3) is 1.00. The SMILES string of the molecule is O=[PH](O)CC(O)CO. The quantitative estimate of drug-likeness (QED) is 0.430. The van der Waals surface area contributed by atoms with Gasteiger partial charge >= 0.3 is 0 Å². The third-order valence-electron chi connectivity index (χ3n) is 0.621. The zero-order chi connectivity index (χ0) is 6.57. The van der Waals surface area contributed by atoms with E-state index in [2.05, 4.69) is 0 Å². The first-order chi connectivity index (χ1) is 3.66. The molecule has 8 heavy (non-hydrogen) atoms. The Hall–Kier alpha value is 0.110. The number of aliphatic hydroxyl groups excluding tert-OH is 2. The van der Waals surface area contributed by atoms with Crippen molar-refractivity contribution in [3.8, 4) is 0 Å². The molecule has 0 spiro atoms. The summed E-state index contributed by atoms with van der Waals surface area (Å²) in [6, 6.07) is 0. The van der Waals surface area contributed by atoms with Gasteiger partial charge in [0.25, 0.3) is 0 Å². The first kappa shape index (κ1) is 8.11. The van der Waals surface area contributed by atoms with Gasteiger partial charge in [-0.15, -0.1) is 0 Å². The van der Waals surface area contributed by atoms with Crippen LogP contribution in [0.15, 0.2) is 0 Å². The highest BCUT2D eigenvalue weighted by Gasteiger charge is 2.03. The number of aliphatic hydroxyl groups is 2. The van der Waals surface area contributed by atoms with Gasteiger partial charge in [-0.05, 0) is 0 Å². The van der Waals surface area contributed by atoms with Crippen molar-refractivity contribution in [2.45, 2.75) is 6.10 Å². The molecule has 2 atom stereocenters. The van der Waals surface area contributed by atoms with E-state index in [9.17, 15) is 4.57 Å². The Balaban J connectivity index is 3.24. The molecule has 0 aliphatic carbocycles. The predicted octanol–water partition coefficient (Wildman–Crippen LogP) is -1.19. The second-order valence-electron chi connectivity index (χ2n) is 1.43. The van der Waals surface area contributed by atoms with Crippen LogP contribution in [0, 0.1) is 0 Å². The van der Waals surface area contributed by atoms with E-state index in [4.69, 9.17) is 15.1 Å². The van der Waals surface area contributed by atoms with E-state index in [-0.39, 0.29) is 6.16 Å². The molecule has 0 saturated carbocycles. The molecule has 0 bridgehead atoms. The zero-order valence-electron chi connectivity index (χ0n) is 4.24. The van der Waals surface area contributed by atoms with Crippen molar-refractivity contribution in [2.75, 3.05) is 12.8 Å². The maximum Gasteiger partial charge on any atom is 0.191 e. The Morgan fingerprint density at radius 2 is 2.12 bits per heavy atom. The molecule has 0 heterocycles. The Bertz CT molecular complexity index is 83.4. The zero-order valence-corrected chi connectivity index (χ0v) is 5.24. The first-order valence-corrected chi connectivity index (χ1v) is 3.73. The number of hydrogen-bond donors (Lipinski definition) is 3. The van der Waals surface area contributed by atoms with Crippen LogP contribution in [0.4, 0.5) is 0 Å².